The summed E-state index contributed by atoms with van der Waals surface area (Å²) in [6, 6.07) is 8.41. The Bertz CT molecular complexity index is 581. The van der Waals surface area contributed by atoms with Crippen molar-refractivity contribution in [3.63, 3.8) is 0 Å². The van der Waals surface area contributed by atoms with Crippen molar-refractivity contribution in [2.75, 3.05) is 7.11 Å². The van der Waals surface area contributed by atoms with Crippen molar-refractivity contribution in [1.82, 2.24) is 0 Å². The van der Waals surface area contributed by atoms with E-state index in [1.807, 2.05) is 23.5 Å². The van der Waals surface area contributed by atoms with Gasteiger partial charge in [0.05, 0.1) is 12.5 Å². The molecule has 2 aromatic rings. The molecule has 19 heavy (non-hydrogen) atoms. The molecule has 1 nitrogen and oxygen atoms in total. The fraction of sp³-hybridized carbons (Fsp3) is 0.375. The molecule has 1 aliphatic carbocycles. The van der Waals surface area contributed by atoms with Gasteiger partial charge in [0.15, 0.2) is 0 Å². The third-order valence-corrected chi connectivity index (χ3v) is 5.67. The zero-order valence-electron chi connectivity index (χ0n) is 11.2. The van der Waals surface area contributed by atoms with E-state index in [1.54, 1.807) is 7.11 Å². The van der Waals surface area contributed by atoms with E-state index in [4.69, 9.17) is 16.3 Å². The van der Waals surface area contributed by atoms with Gasteiger partial charge in [0.25, 0.3) is 0 Å². The first-order chi connectivity index (χ1) is 9.19. The molecule has 1 unspecified atom stereocenters. The highest BCUT2D eigenvalue weighted by Crippen LogP contribution is 2.40. The van der Waals surface area contributed by atoms with Crippen LogP contribution in [-0.2, 0) is 12.8 Å². The summed E-state index contributed by atoms with van der Waals surface area (Å²) in [6.07, 6.45) is 3.75. The van der Waals surface area contributed by atoms with Crippen LogP contribution in [0.5, 0.6) is 5.75 Å². The summed E-state index contributed by atoms with van der Waals surface area (Å²) in [6.45, 7) is 2.09. The largest absolute Gasteiger partial charge is 0.497 e. The first kappa shape index (κ1) is 13.0. The van der Waals surface area contributed by atoms with E-state index < -0.39 is 0 Å². The number of hydrogen-bond acceptors (Lipinski definition) is 2. The smallest absolute Gasteiger partial charge is 0.119 e. The summed E-state index contributed by atoms with van der Waals surface area (Å²) in [4.78, 5) is 2.81. The number of aryl methyl sites for hydroxylation is 3. The summed E-state index contributed by atoms with van der Waals surface area (Å²) in [5.41, 5.74) is 3.88. The SMILES string of the molecule is COc1ccc(C(Cl)c2cc3c(s2)CCC3)c(C)c1. The maximum Gasteiger partial charge on any atom is 0.119 e. The lowest BCUT2D eigenvalue weighted by Crippen LogP contribution is -1.95. The third kappa shape index (κ3) is 2.39. The van der Waals surface area contributed by atoms with Crippen molar-refractivity contribution in [1.29, 1.82) is 0 Å². The highest BCUT2D eigenvalue weighted by atomic mass is 35.5. The van der Waals surface area contributed by atoms with E-state index in [-0.39, 0.29) is 5.38 Å². The average molecular weight is 293 g/mol. The normalized spacial score (nSPS) is 15.3. The molecule has 100 valence electrons. The molecule has 0 saturated carbocycles. The lowest BCUT2D eigenvalue weighted by Gasteiger charge is -2.12. The van der Waals surface area contributed by atoms with Crippen LogP contribution >= 0.6 is 22.9 Å². The number of halogens is 1. The number of alkyl halides is 1. The summed E-state index contributed by atoms with van der Waals surface area (Å²) < 4.78 is 5.24. The van der Waals surface area contributed by atoms with Crippen LogP contribution in [0.1, 0.15) is 38.2 Å². The summed E-state index contributed by atoms with van der Waals surface area (Å²) >= 11 is 8.55. The number of methoxy groups -OCH3 is 1. The van der Waals surface area contributed by atoms with Crippen molar-refractivity contribution in [2.24, 2.45) is 0 Å². The number of hydrogen-bond donors (Lipinski definition) is 0. The first-order valence-corrected chi connectivity index (χ1v) is 7.84. The minimum atomic E-state index is -0.0403. The zero-order chi connectivity index (χ0) is 13.4. The lowest BCUT2D eigenvalue weighted by molar-refractivity contribution is 0.414. The predicted octanol–water partition coefficient (Wildman–Crippen LogP) is 4.88. The molecule has 0 amide bonds. The Morgan fingerprint density at radius 1 is 1.26 bits per heavy atom. The van der Waals surface area contributed by atoms with Crippen LogP contribution in [0, 0.1) is 6.92 Å². The average Bonchev–Trinajstić information content (AvgIpc) is 2.98. The second-order valence-electron chi connectivity index (χ2n) is 5.04. The molecule has 3 rings (SSSR count). The summed E-state index contributed by atoms with van der Waals surface area (Å²) in [5, 5.41) is -0.0403. The van der Waals surface area contributed by atoms with Crippen LogP contribution in [0.25, 0.3) is 0 Å². The van der Waals surface area contributed by atoms with Crippen LogP contribution in [0.2, 0.25) is 0 Å². The minimum Gasteiger partial charge on any atom is -0.497 e. The molecule has 0 saturated heterocycles. The van der Waals surface area contributed by atoms with Gasteiger partial charge in [-0.25, -0.2) is 0 Å². The molecule has 1 aromatic heterocycles. The van der Waals surface area contributed by atoms with Crippen LogP contribution in [-0.4, -0.2) is 7.11 Å². The highest BCUT2D eigenvalue weighted by Gasteiger charge is 2.21. The van der Waals surface area contributed by atoms with E-state index in [2.05, 4.69) is 19.1 Å². The van der Waals surface area contributed by atoms with E-state index in [0.29, 0.717) is 0 Å². The Morgan fingerprint density at radius 2 is 2.11 bits per heavy atom. The summed E-state index contributed by atoms with van der Waals surface area (Å²) in [7, 11) is 1.69. The number of thiophene rings is 1. The van der Waals surface area contributed by atoms with Gasteiger partial charge in [0.1, 0.15) is 5.75 Å². The van der Waals surface area contributed by atoms with Crippen LogP contribution in [0.4, 0.5) is 0 Å². The maximum atomic E-state index is 6.67. The van der Waals surface area contributed by atoms with E-state index in [9.17, 15) is 0 Å². The van der Waals surface area contributed by atoms with E-state index in [0.717, 1.165) is 5.75 Å². The predicted molar refractivity (Wildman–Crippen MR) is 81.8 cm³/mol. The number of ether oxygens (including phenoxy) is 1. The molecule has 1 aliphatic rings. The Morgan fingerprint density at radius 3 is 2.79 bits per heavy atom. The van der Waals surface area contributed by atoms with Gasteiger partial charge in [-0.1, -0.05) is 6.07 Å². The molecule has 0 bridgehead atoms. The number of fused-ring (bicyclic) bond motifs is 1. The van der Waals surface area contributed by atoms with Gasteiger partial charge in [-0.05, 0) is 61.1 Å². The minimum absolute atomic E-state index is 0.0403. The second kappa shape index (κ2) is 5.18. The molecule has 0 N–H and O–H groups in total. The fourth-order valence-corrected chi connectivity index (χ4v) is 4.39. The Kier molecular flexibility index (Phi) is 3.55. The van der Waals surface area contributed by atoms with Gasteiger partial charge in [-0.2, -0.15) is 0 Å². The van der Waals surface area contributed by atoms with Gasteiger partial charge < -0.3 is 4.74 Å². The molecule has 3 heteroatoms. The Balaban J connectivity index is 1.92. The van der Waals surface area contributed by atoms with Crippen LogP contribution < -0.4 is 4.74 Å². The molecule has 0 fully saturated rings. The van der Waals surface area contributed by atoms with Gasteiger partial charge in [-0.3, -0.25) is 0 Å². The van der Waals surface area contributed by atoms with E-state index >= 15 is 0 Å². The first-order valence-electron chi connectivity index (χ1n) is 6.59. The van der Waals surface area contributed by atoms with Crippen LogP contribution in [0.3, 0.4) is 0 Å². The van der Waals surface area contributed by atoms with Gasteiger partial charge in [0, 0.05) is 9.75 Å². The zero-order valence-corrected chi connectivity index (χ0v) is 12.8. The monoisotopic (exact) mass is 292 g/mol. The molecule has 0 radical (unpaired) electrons. The molecule has 1 aromatic carbocycles. The number of benzene rings is 1. The van der Waals surface area contributed by atoms with Gasteiger partial charge in [-0.15, -0.1) is 22.9 Å². The van der Waals surface area contributed by atoms with E-state index in [1.165, 1.54) is 45.7 Å². The van der Waals surface area contributed by atoms with Crippen molar-refractivity contribution in [2.45, 2.75) is 31.6 Å². The molecule has 1 atom stereocenters. The van der Waals surface area contributed by atoms with Crippen LogP contribution in [0.15, 0.2) is 24.3 Å². The Labute approximate surface area is 123 Å². The highest BCUT2D eigenvalue weighted by molar-refractivity contribution is 7.12. The Hall–Kier alpha value is -0.990. The summed E-state index contributed by atoms with van der Waals surface area (Å²) in [5.74, 6) is 0.888. The van der Waals surface area contributed by atoms with Gasteiger partial charge >= 0.3 is 0 Å². The second-order valence-corrected chi connectivity index (χ2v) is 6.64. The van der Waals surface area contributed by atoms with Crippen molar-refractivity contribution < 1.29 is 4.74 Å². The van der Waals surface area contributed by atoms with Gasteiger partial charge in [0.2, 0.25) is 0 Å². The van der Waals surface area contributed by atoms with Crippen molar-refractivity contribution in [3.8, 4) is 5.75 Å². The standard InChI is InChI=1S/C16H17ClOS/c1-10-8-12(18-2)6-7-13(10)16(17)15-9-11-4-3-5-14(11)19-15/h6-9,16H,3-5H2,1-2H3. The molecule has 1 heterocycles. The molecular formula is C16H17ClOS. The van der Waals surface area contributed by atoms with Crippen molar-refractivity contribution >= 4 is 22.9 Å². The number of rotatable bonds is 3. The molecular weight excluding hydrogens is 276 g/mol. The molecule has 0 aliphatic heterocycles. The molecule has 0 spiro atoms. The third-order valence-electron chi connectivity index (χ3n) is 3.77. The topological polar surface area (TPSA) is 9.23 Å². The van der Waals surface area contributed by atoms with Crippen molar-refractivity contribution in [3.05, 3.63) is 50.7 Å². The maximum absolute atomic E-state index is 6.67. The lowest BCUT2D eigenvalue weighted by atomic mass is 10.0. The fourth-order valence-electron chi connectivity index (χ4n) is 2.69. The quantitative estimate of drug-likeness (QED) is 0.733.